The summed E-state index contributed by atoms with van der Waals surface area (Å²) in [5, 5.41) is 5.89. The van der Waals surface area contributed by atoms with Gasteiger partial charge in [0.05, 0.1) is 12.1 Å². The van der Waals surface area contributed by atoms with E-state index in [2.05, 4.69) is 10.6 Å². The Morgan fingerprint density at radius 2 is 1.13 bits per heavy atom. The molecule has 2 heterocycles. The second-order valence-electron chi connectivity index (χ2n) is 7.41. The number of nitrogens with zero attached hydrogens (tertiary/aromatic N) is 2. The first kappa shape index (κ1) is 21.1. The predicted octanol–water partition coefficient (Wildman–Crippen LogP) is 3.13. The number of hydrogen-bond donors (Lipinski definition) is 2. The van der Waals surface area contributed by atoms with Crippen LogP contribution in [-0.4, -0.2) is 47.8 Å². The third kappa shape index (κ3) is 2.97. The van der Waals surface area contributed by atoms with Crippen LogP contribution in [0.3, 0.4) is 0 Å². The fraction of sp³-hybridized carbons (Fsp3) is 0.238. The van der Waals surface area contributed by atoms with E-state index in [4.69, 9.17) is 23.2 Å². The van der Waals surface area contributed by atoms with Crippen LogP contribution in [0.2, 0.25) is 10.0 Å². The highest BCUT2D eigenvalue weighted by Gasteiger charge is 2.67. The molecule has 0 bridgehead atoms. The zero-order valence-electron chi connectivity index (χ0n) is 16.6. The Morgan fingerprint density at radius 3 is 1.52 bits per heavy atom. The smallest absolute Gasteiger partial charge is 0.330 e. The predicted molar refractivity (Wildman–Crippen MR) is 113 cm³/mol. The molecule has 1 spiro atoms. The Kier molecular flexibility index (Phi) is 5.15. The second kappa shape index (κ2) is 7.55. The fourth-order valence-corrected chi connectivity index (χ4v) is 4.79. The van der Waals surface area contributed by atoms with Gasteiger partial charge in [0.15, 0.2) is 5.41 Å². The maximum Gasteiger partial charge on any atom is 0.332 e. The van der Waals surface area contributed by atoms with Crippen LogP contribution >= 0.6 is 23.2 Å². The lowest BCUT2D eigenvalue weighted by Crippen LogP contribution is -2.73. The van der Waals surface area contributed by atoms with Gasteiger partial charge >= 0.3 is 12.1 Å². The van der Waals surface area contributed by atoms with Gasteiger partial charge in [0.25, 0.3) is 11.8 Å². The van der Waals surface area contributed by atoms with Crippen molar-refractivity contribution < 1.29 is 19.2 Å². The monoisotopic (exact) mass is 460 g/mol. The zero-order chi connectivity index (χ0) is 22.5. The van der Waals surface area contributed by atoms with E-state index in [1.54, 1.807) is 48.5 Å². The first-order valence-corrected chi connectivity index (χ1v) is 10.1. The summed E-state index contributed by atoms with van der Waals surface area (Å²) >= 11 is 12.8. The molecule has 2 fully saturated rings. The Hall–Kier alpha value is -3.10. The normalized spacial score (nSPS) is 23.1. The molecule has 8 nitrogen and oxygen atoms in total. The van der Waals surface area contributed by atoms with Gasteiger partial charge < -0.3 is 10.6 Å². The summed E-state index contributed by atoms with van der Waals surface area (Å²) in [6.07, 6.45) is 0. The third-order valence-corrected chi connectivity index (χ3v) is 6.47. The van der Waals surface area contributed by atoms with Gasteiger partial charge in [0, 0.05) is 24.1 Å². The molecule has 2 unspecified atom stereocenters. The van der Waals surface area contributed by atoms with Crippen LogP contribution < -0.4 is 10.6 Å². The Labute approximate surface area is 188 Å². The quantitative estimate of drug-likeness (QED) is 0.672. The summed E-state index contributed by atoms with van der Waals surface area (Å²) in [5.41, 5.74) is -1.22. The van der Waals surface area contributed by atoms with E-state index >= 15 is 0 Å². The summed E-state index contributed by atoms with van der Waals surface area (Å²) in [6.45, 7) is 0. The number of carbonyl (C=O) groups is 4. The van der Waals surface area contributed by atoms with Crippen LogP contribution in [0.1, 0.15) is 23.2 Å². The van der Waals surface area contributed by atoms with Crippen LogP contribution in [0.25, 0.3) is 0 Å². The highest BCUT2D eigenvalue weighted by Crippen LogP contribution is 2.52. The van der Waals surface area contributed by atoms with Crippen molar-refractivity contribution in [2.75, 3.05) is 14.1 Å². The van der Waals surface area contributed by atoms with E-state index in [1.807, 2.05) is 0 Å². The molecule has 31 heavy (non-hydrogen) atoms. The number of imide groups is 2. The molecule has 10 heteroatoms. The molecular formula is C21H18Cl2N4O4. The highest BCUT2D eigenvalue weighted by atomic mass is 35.5. The average molecular weight is 461 g/mol. The van der Waals surface area contributed by atoms with Crippen LogP contribution in [-0.2, 0) is 9.59 Å². The van der Waals surface area contributed by atoms with E-state index in [9.17, 15) is 19.2 Å². The second-order valence-corrected chi connectivity index (χ2v) is 8.22. The van der Waals surface area contributed by atoms with Crippen LogP contribution in [0.5, 0.6) is 0 Å². The van der Waals surface area contributed by atoms with E-state index in [0.717, 1.165) is 9.80 Å². The van der Waals surface area contributed by atoms with Gasteiger partial charge in [-0.2, -0.15) is 0 Å². The zero-order valence-corrected chi connectivity index (χ0v) is 18.1. The average Bonchev–Trinajstić information content (AvgIpc) is 2.76. The van der Waals surface area contributed by atoms with Gasteiger partial charge in [-0.25, -0.2) is 9.59 Å². The van der Waals surface area contributed by atoms with Crippen molar-refractivity contribution >= 4 is 47.1 Å². The minimum absolute atomic E-state index is 0.259. The number of benzene rings is 2. The van der Waals surface area contributed by atoms with Crippen molar-refractivity contribution in [3.63, 3.8) is 0 Å². The molecule has 0 aliphatic carbocycles. The van der Waals surface area contributed by atoms with Crippen LogP contribution in [0.4, 0.5) is 9.59 Å². The molecule has 0 aromatic heterocycles. The molecule has 0 saturated carbocycles. The number of rotatable bonds is 2. The Bertz CT molecular complexity index is 1040. The topological polar surface area (TPSA) is 98.8 Å². The summed E-state index contributed by atoms with van der Waals surface area (Å²) in [5.74, 6) is -1.55. The van der Waals surface area contributed by atoms with Crippen molar-refractivity contribution in [3.05, 3.63) is 69.7 Å². The molecule has 6 amide bonds. The molecular weight excluding hydrogens is 443 g/mol. The van der Waals surface area contributed by atoms with Gasteiger partial charge in [-0.05, 0) is 23.3 Å². The molecule has 2 N–H and O–H groups in total. The molecule has 2 aliphatic rings. The first-order chi connectivity index (χ1) is 14.7. The van der Waals surface area contributed by atoms with Gasteiger partial charge in [-0.1, -0.05) is 59.6 Å². The van der Waals surface area contributed by atoms with Crippen molar-refractivity contribution in [1.29, 1.82) is 0 Å². The van der Waals surface area contributed by atoms with Gasteiger partial charge in [-0.3, -0.25) is 19.4 Å². The standard InChI is InChI=1S/C21H18Cl2N4O4/c1-26-17(28)21(18(29)27(2)20(26)31)15(11-7-3-5-9-13(11)22)24-19(30)25-16(21)12-8-4-6-10-14(12)23/h3-10,15-16H,1-2H3,(H2,24,25,30). The summed E-state index contributed by atoms with van der Waals surface area (Å²) in [4.78, 5) is 54.4. The van der Waals surface area contributed by atoms with E-state index in [0.29, 0.717) is 11.1 Å². The SMILES string of the molecule is CN1C(=O)N(C)C(=O)C2(C1=O)C(c1ccccc1Cl)NC(=O)NC2c1ccccc1Cl. The number of hydrogen-bond acceptors (Lipinski definition) is 4. The van der Waals surface area contributed by atoms with Gasteiger partial charge in [0.2, 0.25) is 0 Å². The van der Waals surface area contributed by atoms with E-state index < -0.39 is 41.4 Å². The lowest BCUT2D eigenvalue weighted by molar-refractivity contribution is -0.163. The molecule has 4 rings (SSSR count). The maximum absolute atomic E-state index is 13.7. The number of barbiturate groups is 1. The van der Waals surface area contributed by atoms with Crippen LogP contribution in [0, 0.1) is 5.41 Å². The minimum Gasteiger partial charge on any atom is -0.330 e. The first-order valence-electron chi connectivity index (χ1n) is 9.37. The van der Waals surface area contributed by atoms with E-state index in [1.165, 1.54) is 14.1 Å². The van der Waals surface area contributed by atoms with Crippen molar-refractivity contribution in [2.45, 2.75) is 12.1 Å². The van der Waals surface area contributed by atoms with Crippen molar-refractivity contribution in [2.24, 2.45) is 5.41 Å². The molecule has 160 valence electrons. The minimum atomic E-state index is -1.96. The third-order valence-electron chi connectivity index (χ3n) is 5.78. The number of carbonyl (C=O) groups excluding carboxylic acids is 4. The molecule has 0 radical (unpaired) electrons. The molecule has 2 aliphatic heterocycles. The largest absolute Gasteiger partial charge is 0.332 e. The number of nitrogens with one attached hydrogen (secondary N) is 2. The molecule has 2 aromatic rings. The number of urea groups is 2. The fourth-order valence-electron chi connectivity index (χ4n) is 4.30. The highest BCUT2D eigenvalue weighted by molar-refractivity contribution is 6.32. The van der Waals surface area contributed by atoms with Gasteiger partial charge in [0.1, 0.15) is 0 Å². The molecule has 2 atom stereocenters. The Balaban J connectivity index is 2.06. The Morgan fingerprint density at radius 1 is 0.742 bits per heavy atom. The molecule has 2 aromatic carbocycles. The summed E-state index contributed by atoms with van der Waals surface area (Å²) < 4.78 is 0. The number of halogens is 2. The van der Waals surface area contributed by atoms with E-state index in [-0.39, 0.29) is 10.0 Å². The summed E-state index contributed by atoms with van der Waals surface area (Å²) in [7, 11) is 2.58. The lowest BCUT2D eigenvalue weighted by Gasteiger charge is -2.52. The maximum atomic E-state index is 13.7. The summed E-state index contributed by atoms with van der Waals surface area (Å²) in [6, 6.07) is 9.51. The number of amides is 6. The van der Waals surface area contributed by atoms with Crippen LogP contribution in [0.15, 0.2) is 48.5 Å². The van der Waals surface area contributed by atoms with Crippen molar-refractivity contribution in [3.8, 4) is 0 Å². The van der Waals surface area contributed by atoms with Crippen molar-refractivity contribution in [1.82, 2.24) is 20.4 Å². The van der Waals surface area contributed by atoms with Gasteiger partial charge in [-0.15, -0.1) is 0 Å². The lowest BCUT2D eigenvalue weighted by atomic mass is 9.65. The molecule has 2 saturated heterocycles.